The Morgan fingerprint density at radius 1 is 1.53 bits per heavy atom. The Kier molecular flexibility index (Phi) is 3.22. The summed E-state index contributed by atoms with van der Waals surface area (Å²) >= 11 is 0. The predicted octanol–water partition coefficient (Wildman–Crippen LogP) is 2.04. The summed E-state index contributed by atoms with van der Waals surface area (Å²) < 4.78 is 4.67. The largest absolute Gasteiger partial charge is 0.465 e. The van der Waals surface area contributed by atoms with Crippen LogP contribution in [0.4, 0.5) is 11.4 Å². The van der Waals surface area contributed by atoms with Crippen LogP contribution in [0.1, 0.15) is 30.1 Å². The average molecular weight is 234 g/mol. The van der Waals surface area contributed by atoms with Gasteiger partial charge in [0.15, 0.2) is 0 Å². The fraction of sp³-hybridized carbons (Fsp3) is 0.462. The first-order valence-corrected chi connectivity index (χ1v) is 5.88. The highest BCUT2D eigenvalue weighted by Gasteiger charge is 2.22. The summed E-state index contributed by atoms with van der Waals surface area (Å²) in [6, 6.07) is 5.87. The van der Waals surface area contributed by atoms with Gasteiger partial charge in [0, 0.05) is 12.6 Å². The molecule has 0 bridgehead atoms. The molecule has 1 fully saturated rings. The zero-order valence-electron chi connectivity index (χ0n) is 10.3. The molecule has 1 heterocycles. The highest BCUT2D eigenvalue weighted by molar-refractivity contribution is 5.92. The molecule has 2 rings (SSSR count). The summed E-state index contributed by atoms with van der Waals surface area (Å²) in [6.07, 6.45) is 2.39. The van der Waals surface area contributed by atoms with Gasteiger partial charge in [0.05, 0.1) is 24.0 Å². The number of carbonyl (C=O) groups excluding carboxylic acids is 1. The van der Waals surface area contributed by atoms with Crippen molar-refractivity contribution in [1.82, 2.24) is 0 Å². The summed E-state index contributed by atoms with van der Waals surface area (Å²) in [7, 11) is 1.37. The number of hydrogen-bond donors (Lipinski definition) is 1. The Morgan fingerprint density at radius 2 is 2.29 bits per heavy atom. The molecule has 0 aliphatic carbocycles. The molecule has 1 aliphatic rings. The van der Waals surface area contributed by atoms with Crippen LogP contribution < -0.4 is 10.6 Å². The number of nitrogens with two attached hydrogens (primary N) is 1. The molecule has 1 aromatic rings. The monoisotopic (exact) mass is 234 g/mol. The van der Waals surface area contributed by atoms with Crippen molar-refractivity contribution in [3.8, 4) is 0 Å². The minimum absolute atomic E-state index is 0.349. The van der Waals surface area contributed by atoms with Gasteiger partial charge in [0.25, 0.3) is 0 Å². The van der Waals surface area contributed by atoms with Crippen molar-refractivity contribution in [3.05, 3.63) is 23.8 Å². The van der Waals surface area contributed by atoms with E-state index in [1.54, 1.807) is 12.1 Å². The summed E-state index contributed by atoms with van der Waals surface area (Å²) in [5.41, 5.74) is 8.16. The van der Waals surface area contributed by atoms with Crippen LogP contribution in [0.25, 0.3) is 0 Å². The lowest BCUT2D eigenvalue weighted by molar-refractivity contribution is 0.0601. The van der Waals surface area contributed by atoms with E-state index >= 15 is 0 Å². The van der Waals surface area contributed by atoms with Gasteiger partial charge in [0.2, 0.25) is 0 Å². The second-order valence-corrected chi connectivity index (χ2v) is 4.45. The number of esters is 1. The van der Waals surface area contributed by atoms with E-state index in [2.05, 4.69) is 16.6 Å². The highest BCUT2D eigenvalue weighted by atomic mass is 16.5. The first kappa shape index (κ1) is 11.8. The zero-order chi connectivity index (χ0) is 12.4. The van der Waals surface area contributed by atoms with Crippen molar-refractivity contribution in [1.29, 1.82) is 0 Å². The van der Waals surface area contributed by atoms with E-state index in [0.29, 0.717) is 17.3 Å². The fourth-order valence-electron chi connectivity index (χ4n) is 2.35. The van der Waals surface area contributed by atoms with Gasteiger partial charge < -0.3 is 15.4 Å². The van der Waals surface area contributed by atoms with Crippen molar-refractivity contribution in [2.45, 2.75) is 25.8 Å². The Balaban J connectivity index is 2.28. The molecule has 1 saturated heterocycles. The molecule has 1 aromatic carbocycles. The molecule has 1 unspecified atom stereocenters. The number of ether oxygens (including phenoxy) is 1. The molecule has 17 heavy (non-hydrogen) atoms. The smallest absolute Gasteiger partial charge is 0.337 e. The van der Waals surface area contributed by atoms with Crippen molar-refractivity contribution < 1.29 is 9.53 Å². The van der Waals surface area contributed by atoms with Gasteiger partial charge in [-0.1, -0.05) is 0 Å². The maximum atomic E-state index is 11.4. The molecule has 0 saturated carbocycles. The molecule has 0 amide bonds. The highest BCUT2D eigenvalue weighted by Crippen LogP contribution is 2.30. The normalized spacial score (nSPS) is 19.4. The number of nitrogens with zero attached hydrogens (tertiary/aromatic N) is 1. The van der Waals surface area contributed by atoms with Gasteiger partial charge in [-0.3, -0.25) is 0 Å². The molecular formula is C13H18N2O2. The minimum atomic E-state index is -0.349. The maximum absolute atomic E-state index is 11.4. The number of methoxy groups -OCH3 is 1. The van der Waals surface area contributed by atoms with Crippen LogP contribution in [0.2, 0.25) is 0 Å². The van der Waals surface area contributed by atoms with Gasteiger partial charge in [-0.15, -0.1) is 0 Å². The van der Waals surface area contributed by atoms with E-state index < -0.39 is 0 Å². The molecule has 1 atom stereocenters. The fourth-order valence-corrected chi connectivity index (χ4v) is 2.35. The van der Waals surface area contributed by atoms with E-state index in [1.165, 1.54) is 20.0 Å². The topological polar surface area (TPSA) is 55.6 Å². The van der Waals surface area contributed by atoms with Crippen molar-refractivity contribution in [3.63, 3.8) is 0 Å². The van der Waals surface area contributed by atoms with E-state index in [9.17, 15) is 4.79 Å². The first-order chi connectivity index (χ1) is 8.13. The van der Waals surface area contributed by atoms with Crippen molar-refractivity contribution >= 4 is 17.3 Å². The molecule has 4 nitrogen and oxygen atoms in total. The number of hydrogen-bond acceptors (Lipinski definition) is 4. The third-order valence-electron chi connectivity index (χ3n) is 3.31. The quantitative estimate of drug-likeness (QED) is 0.628. The molecule has 2 N–H and O–H groups in total. The summed E-state index contributed by atoms with van der Waals surface area (Å²) in [4.78, 5) is 13.7. The lowest BCUT2D eigenvalue weighted by atomic mass is 10.1. The van der Waals surface area contributed by atoms with Crippen molar-refractivity contribution in [2.24, 2.45) is 0 Å². The summed E-state index contributed by atoms with van der Waals surface area (Å²) in [5.74, 6) is -0.349. The molecular weight excluding hydrogens is 216 g/mol. The van der Waals surface area contributed by atoms with Crippen LogP contribution in [0.15, 0.2) is 18.2 Å². The van der Waals surface area contributed by atoms with Gasteiger partial charge in [0.1, 0.15) is 0 Å². The third kappa shape index (κ3) is 2.20. The maximum Gasteiger partial charge on any atom is 0.337 e. The lowest BCUT2D eigenvalue weighted by Crippen LogP contribution is -2.27. The Morgan fingerprint density at radius 3 is 2.82 bits per heavy atom. The second kappa shape index (κ2) is 4.65. The summed E-state index contributed by atoms with van der Waals surface area (Å²) in [5, 5.41) is 0. The second-order valence-electron chi connectivity index (χ2n) is 4.45. The zero-order valence-corrected chi connectivity index (χ0v) is 10.3. The number of benzene rings is 1. The molecule has 4 heteroatoms. The van der Waals surface area contributed by atoms with Crippen LogP contribution in [0.5, 0.6) is 0 Å². The van der Waals surface area contributed by atoms with Gasteiger partial charge >= 0.3 is 5.97 Å². The van der Waals surface area contributed by atoms with Crippen LogP contribution in [-0.2, 0) is 4.74 Å². The third-order valence-corrected chi connectivity index (χ3v) is 3.31. The van der Waals surface area contributed by atoms with E-state index in [1.807, 2.05) is 6.07 Å². The SMILES string of the molecule is COC(=O)c1ccc(N2CCCC2C)c(N)c1. The van der Waals surface area contributed by atoms with E-state index in [4.69, 9.17) is 5.73 Å². The minimum Gasteiger partial charge on any atom is -0.465 e. The number of rotatable bonds is 2. The van der Waals surface area contributed by atoms with Crippen molar-refractivity contribution in [2.75, 3.05) is 24.3 Å². The van der Waals surface area contributed by atoms with Crippen LogP contribution in [-0.4, -0.2) is 25.7 Å². The molecule has 0 spiro atoms. The van der Waals surface area contributed by atoms with E-state index in [-0.39, 0.29) is 5.97 Å². The molecule has 0 aromatic heterocycles. The number of carbonyl (C=O) groups is 1. The number of nitrogen functional groups attached to an aromatic ring is 1. The predicted molar refractivity (Wildman–Crippen MR) is 68.2 cm³/mol. The lowest BCUT2D eigenvalue weighted by Gasteiger charge is -2.25. The van der Waals surface area contributed by atoms with Crippen LogP contribution in [0.3, 0.4) is 0 Å². The Hall–Kier alpha value is -1.71. The molecule has 92 valence electrons. The Labute approximate surface area is 101 Å². The molecule has 0 radical (unpaired) electrons. The summed E-state index contributed by atoms with van der Waals surface area (Å²) in [6.45, 7) is 3.23. The van der Waals surface area contributed by atoms with Gasteiger partial charge in [-0.25, -0.2) is 4.79 Å². The van der Waals surface area contributed by atoms with Gasteiger partial charge in [-0.05, 0) is 38.0 Å². The van der Waals surface area contributed by atoms with E-state index in [0.717, 1.165) is 12.2 Å². The van der Waals surface area contributed by atoms with Gasteiger partial charge in [-0.2, -0.15) is 0 Å². The first-order valence-electron chi connectivity index (χ1n) is 5.88. The Bertz CT molecular complexity index is 431. The van der Waals surface area contributed by atoms with Crippen LogP contribution in [0, 0.1) is 0 Å². The van der Waals surface area contributed by atoms with Crippen LogP contribution >= 0.6 is 0 Å². The standard InChI is InChI=1S/C13H18N2O2/c1-9-4-3-7-15(9)12-6-5-10(8-11(12)14)13(16)17-2/h5-6,8-9H,3-4,7,14H2,1-2H3. The molecule has 1 aliphatic heterocycles. The number of anilines is 2. The average Bonchev–Trinajstić information content (AvgIpc) is 2.74.